The van der Waals surface area contributed by atoms with Crippen LogP contribution in [0.25, 0.3) is 22.3 Å². The van der Waals surface area contributed by atoms with Crippen LogP contribution in [-0.2, 0) is 19.2 Å². The molecule has 0 N–H and O–H groups in total. The maximum absolute atomic E-state index is 13.3. The van der Waals surface area contributed by atoms with Crippen LogP contribution >= 0.6 is 0 Å². The van der Waals surface area contributed by atoms with Crippen LogP contribution in [0.15, 0.2) is 101 Å². The molecule has 532 valence electrons. The molecule has 15 heteroatoms. The third kappa shape index (κ3) is 15.1. The van der Waals surface area contributed by atoms with Gasteiger partial charge in [0.05, 0.1) is 71.7 Å². The largest absolute Gasteiger partial charge is 0.497 e. The molecule has 4 aromatic rings. The highest BCUT2D eigenvalue weighted by Crippen LogP contribution is 2.58. The highest BCUT2D eigenvalue weighted by Gasteiger charge is 2.45. The first-order valence-corrected chi connectivity index (χ1v) is 37.1. The normalized spacial score (nSPS) is 22.0. The van der Waals surface area contributed by atoms with Crippen molar-refractivity contribution in [2.75, 3.05) is 100 Å². The number of halogens is 4. The lowest BCUT2D eigenvalue weighted by Gasteiger charge is -2.30. The second-order valence-corrected chi connectivity index (χ2v) is 27.1. The molecule has 11 nitrogen and oxygen atoms in total. The summed E-state index contributed by atoms with van der Waals surface area (Å²) in [5.41, 5.74) is 19.2. The third-order valence-corrected chi connectivity index (χ3v) is 22.7. The highest BCUT2D eigenvalue weighted by atomic mass is 18.2. The molecule has 4 amide bonds. The van der Waals surface area contributed by atoms with Crippen LogP contribution in [0.1, 0.15) is 226 Å². The van der Waals surface area contributed by atoms with Crippen LogP contribution in [0.5, 0.6) is 17.2 Å². The smallest absolute Gasteiger partial charge is 0.230 e. The predicted molar refractivity (Wildman–Crippen MR) is 388 cm³/mol. The van der Waals surface area contributed by atoms with E-state index in [1.807, 2.05) is 124 Å². The van der Waals surface area contributed by atoms with Gasteiger partial charge in [0.2, 0.25) is 23.6 Å². The maximum atomic E-state index is 13.3. The van der Waals surface area contributed by atoms with Gasteiger partial charge in [0.15, 0.2) is 0 Å². The number of alkyl halides is 4. The Hall–Kier alpha value is -7.16. The minimum absolute atomic E-state index is 0.0376. The second kappa shape index (κ2) is 35.2. The number of benzene rings is 4. The first-order chi connectivity index (χ1) is 47.7. The molecule has 12 rings (SSSR count). The number of rotatable bonds is 23. The van der Waals surface area contributed by atoms with Crippen molar-refractivity contribution in [1.29, 1.82) is 0 Å². The molecular formula is C83H110F4N4O7. The Balaban J connectivity index is 0.000000153. The fourth-order valence-corrected chi connectivity index (χ4v) is 18.0. The van der Waals surface area contributed by atoms with Crippen molar-refractivity contribution in [2.45, 2.75) is 182 Å². The van der Waals surface area contributed by atoms with Crippen molar-refractivity contribution in [3.63, 3.8) is 0 Å². The van der Waals surface area contributed by atoms with Gasteiger partial charge in [-0.05, 0) is 255 Å². The SMILES string of the molecule is CCN(CC)C(=O)C1CCC2=C1c1cc(OC)ccc1C2CC[18F].CCN(CC)C(=O)C1CCCC2=C1c1cc(OC)ccc1C2CC[18F].CCN(CC)C(=O)C1CCCC2=C1c1ccccc1C2CC[18F].CCN(CC)C(=O)C1CCCCC2=C1c1cc(OC)ccc1C2CC[18F]. The molecule has 98 heavy (non-hydrogen) atoms. The number of methoxy groups -OCH3 is 3. The molecular weight excluding hydrogens is 1240 g/mol. The average Bonchev–Trinajstić information content (AvgIpc) is 1.62. The van der Waals surface area contributed by atoms with E-state index in [1.54, 1.807) is 21.3 Å². The standard InChI is InChI=1S/C22H30FNO2.C21H28FNO2.C20H26FNO2.C20H26FNO/c1-4-24(5-2)22(25)19-9-7-6-8-18-17(12-13-23)16-11-10-15(26-3)14-20(16)21(18)19;1-4-23(5-2)21(24)18-8-6-7-17-16(11-12-22)15-10-9-14(25-3)13-19(15)20(17)18;1-4-22(5-2)20(23)17-9-8-16-15(10-11-21)14-7-6-13(24-3)12-18(14)19(16)17;1-3-22(4-2)20(23)18-11-7-10-17-15(12-13-21)14-8-5-6-9-16(14)19(17)18/h10-11,14,17,19H,4-9,12-13H2,1-3H3;9-10,13,16,18H,4-8,11-12H2,1-3H3;6-7,12,15,17H,4-5,8-11H2,1-3H3;5-6,8-9,15,18H,3-4,7,10-13H2,1-2H3/i23-1;22-1;2*21-1. The molecule has 0 radical (unpaired) electrons. The van der Waals surface area contributed by atoms with E-state index in [9.17, 15) is 36.7 Å². The molecule has 8 atom stereocenters. The van der Waals surface area contributed by atoms with Crippen molar-refractivity contribution in [1.82, 2.24) is 19.6 Å². The molecule has 4 aromatic carbocycles. The predicted octanol–water partition coefficient (Wildman–Crippen LogP) is 18.3. The van der Waals surface area contributed by atoms with Crippen LogP contribution in [0.4, 0.5) is 17.6 Å². The van der Waals surface area contributed by atoms with Gasteiger partial charge in [0, 0.05) is 76.0 Å². The van der Waals surface area contributed by atoms with E-state index in [0.29, 0.717) is 25.7 Å². The Morgan fingerprint density at radius 1 is 0.347 bits per heavy atom. The summed E-state index contributed by atoms with van der Waals surface area (Å²) in [6.07, 6.45) is 13.6. The van der Waals surface area contributed by atoms with Gasteiger partial charge in [0.25, 0.3) is 0 Å². The number of carbonyl (C=O) groups excluding carboxylic acids is 4. The van der Waals surface area contributed by atoms with E-state index in [4.69, 9.17) is 14.2 Å². The number of hydrogen-bond acceptors (Lipinski definition) is 7. The van der Waals surface area contributed by atoms with Gasteiger partial charge in [-0.15, -0.1) is 0 Å². The Labute approximate surface area is 582 Å². The monoisotopic (exact) mass is 1350 g/mol. The Bertz CT molecular complexity index is 3580. The summed E-state index contributed by atoms with van der Waals surface area (Å²) in [7, 11) is 4.97. The molecule has 0 saturated heterocycles. The summed E-state index contributed by atoms with van der Waals surface area (Å²) >= 11 is 0. The number of amides is 4. The van der Waals surface area contributed by atoms with E-state index in [2.05, 4.69) is 30.3 Å². The van der Waals surface area contributed by atoms with E-state index in [1.165, 1.54) is 55.7 Å². The summed E-state index contributed by atoms with van der Waals surface area (Å²) < 4.78 is 69.0. The summed E-state index contributed by atoms with van der Waals surface area (Å²) in [4.78, 5) is 60.0. The summed E-state index contributed by atoms with van der Waals surface area (Å²) in [5.74, 6) is 3.49. The first-order valence-electron chi connectivity index (χ1n) is 37.1. The van der Waals surface area contributed by atoms with Crippen molar-refractivity contribution in [2.24, 2.45) is 23.7 Å². The third-order valence-electron chi connectivity index (χ3n) is 22.7. The number of ether oxygens (including phenoxy) is 3. The molecule has 0 aromatic heterocycles. The van der Waals surface area contributed by atoms with E-state index in [-0.39, 0.29) is 97.7 Å². The Morgan fingerprint density at radius 2 is 0.622 bits per heavy atom. The number of hydrogen-bond donors (Lipinski definition) is 0. The maximum Gasteiger partial charge on any atom is 0.230 e. The van der Waals surface area contributed by atoms with Crippen LogP contribution in [-0.4, -0.2) is 144 Å². The van der Waals surface area contributed by atoms with Gasteiger partial charge < -0.3 is 33.8 Å². The number of fused-ring (bicyclic) bond motifs is 8. The molecule has 0 fully saturated rings. The van der Waals surface area contributed by atoms with E-state index >= 15 is 0 Å². The zero-order valence-corrected chi connectivity index (χ0v) is 60.6. The first kappa shape index (κ1) is 75.1. The Kier molecular flexibility index (Phi) is 27.0. The van der Waals surface area contributed by atoms with E-state index in [0.717, 1.165) is 180 Å². The van der Waals surface area contributed by atoms with Crippen LogP contribution in [0, 0.1) is 23.7 Å². The van der Waals surface area contributed by atoms with Crippen molar-refractivity contribution < 1.29 is 51.0 Å². The molecule has 0 aliphatic heterocycles. The minimum Gasteiger partial charge on any atom is -0.497 e. The summed E-state index contributed by atoms with van der Waals surface area (Å²) in [6, 6.07) is 26.4. The molecule has 8 unspecified atom stereocenters. The zero-order chi connectivity index (χ0) is 70.3. The quantitative estimate of drug-likeness (QED) is 0.0681. The number of nitrogens with zero attached hydrogens (tertiary/aromatic N) is 4. The van der Waals surface area contributed by atoms with Crippen LogP contribution in [0.3, 0.4) is 0 Å². The summed E-state index contributed by atoms with van der Waals surface area (Å²) in [5, 5.41) is 0. The minimum atomic E-state index is -0.332. The van der Waals surface area contributed by atoms with Crippen LogP contribution in [0.2, 0.25) is 0 Å². The lowest BCUT2D eigenvalue weighted by atomic mass is 9.79. The van der Waals surface area contributed by atoms with Gasteiger partial charge in [-0.2, -0.15) is 0 Å². The van der Waals surface area contributed by atoms with Crippen molar-refractivity contribution in [3.05, 3.63) is 146 Å². The topological polar surface area (TPSA) is 109 Å². The zero-order valence-electron chi connectivity index (χ0n) is 60.6. The molecule has 0 saturated carbocycles. The fourth-order valence-electron chi connectivity index (χ4n) is 18.0. The fraction of sp³-hybridized carbons (Fsp3) is 0.566. The van der Waals surface area contributed by atoms with E-state index < -0.39 is 0 Å². The summed E-state index contributed by atoms with van der Waals surface area (Å²) in [6.45, 7) is 20.8. The van der Waals surface area contributed by atoms with Gasteiger partial charge in [-0.1, -0.05) is 71.2 Å². The van der Waals surface area contributed by atoms with Gasteiger partial charge in [-0.3, -0.25) is 36.7 Å². The van der Waals surface area contributed by atoms with Gasteiger partial charge in [-0.25, -0.2) is 0 Å². The second-order valence-electron chi connectivity index (χ2n) is 27.1. The molecule has 0 heterocycles. The molecule has 0 bridgehead atoms. The van der Waals surface area contributed by atoms with Crippen molar-refractivity contribution in [3.8, 4) is 17.2 Å². The lowest BCUT2D eigenvalue weighted by molar-refractivity contribution is -0.134. The van der Waals surface area contributed by atoms with Crippen LogP contribution < -0.4 is 14.2 Å². The number of carbonyl (C=O) groups is 4. The van der Waals surface area contributed by atoms with Crippen molar-refractivity contribution >= 4 is 45.9 Å². The molecule has 8 aliphatic carbocycles. The molecule has 8 aliphatic rings. The average molecular weight is 1350 g/mol. The highest BCUT2D eigenvalue weighted by molar-refractivity contribution is 6.00. The number of allylic oxidation sites excluding steroid dienone is 4. The molecule has 0 spiro atoms. The van der Waals surface area contributed by atoms with Gasteiger partial charge in [0.1, 0.15) is 17.2 Å². The van der Waals surface area contributed by atoms with Gasteiger partial charge >= 0.3 is 0 Å². The Morgan fingerprint density at radius 3 is 0.939 bits per heavy atom. The lowest BCUT2D eigenvalue weighted by Crippen LogP contribution is -2.37.